The van der Waals surface area contributed by atoms with Gasteiger partial charge < -0.3 is 15.8 Å². The van der Waals surface area contributed by atoms with Crippen molar-refractivity contribution in [2.75, 3.05) is 12.3 Å². The molecule has 0 aliphatic heterocycles. The van der Waals surface area contributed by atoms with Crippen LogP contribution in [0.2, 0.25) is 0 Å². The van der Waals surface area contributed by atoms with Crippen LogP contribution in [0.3, 0.4) is 0 Å². The molecule has 114 valence electrons. The van der Waals surface area contributed by atoms with Crippen LogP contribution in [0.25, 0.3) is 0 Å². The molecule has 0 spiro atoms. The Hall–Kier alpha value is -3.51. The summed E-state index contributed by atoms with van der Waals surface area (Å²) in [5.74, 6) is 5.70. The molecule has 0 bridgehead atoms. The number of carbonyl (C=O) groups is 1. The number of alkyl carbamates (subject to hydrolysis) is 1. The number of pyridine rings is 1. The summed E-state index contributed by atoms with van der Waals surface area (Å²) >= 11 is 0. The van der Waals surface area contributed by atoms with Crippen molar-refractivity contribution in [3.05, 3.63) is 59.3 Å². The number of amides is 1. The number of hydrogen-bond acceptors (Lipinski definition) is 5. The third kappa shape index (κ3) is 5.07. The second-order valence-corrected chi connectivity index (χ2v) is 4.49. The van der Waals surface area contributed by atoms with Crippen LogP contribution in [0, 0.1) is 23.2 Å². The number of nitrogen functional groups attached to an aromatic ring is 1. The SMILES string of the molecule is N#Cc1cc(C#CCNC(=O)OCc2ccccc2)cnc1N. The largest absolute Gasteiger partial charge is 0.445 e. The number of carbonyl (C=O) groups excluding carboxylic acids is 1. The van der Waals surface area contributed by atoms with Gasteiger partial charge in [0.2, 0.25) is 0 Å². The van der Waals surface area contributed by atoms with Gasteiger partial charge in [-0.15, -0.1) is 0 Å². The van der Waals surface area contributed by atoms with Crippen LogP contribution in [0.5, 0.6) is 0 Å². The van der Waals surface area contributed by atoms with Crippen LogP contribution < -0.4 is 11.1 Å². The molecule has 0 saturated heterocycles. The minimum absolute atomic E-state index is 0.125. The molecule has 0 aliphatic carbocycles. The first kappa shape index (κ1) is 15.9. The van der Waals surface area contributed by atoms with Crippen molar-refractivity contribution in [3.63, 3.8) is 0 Å². The highest BCUT2D eigenvalue weighted by Gasteiger charge is 2.01. The highest BCUT2D eigenvalue weighted by Crippen LogP contribution is 2.08. The van der Waals surface area contributed by atoms with Crippen molar-refractivity contribution in [2.24, 2.45) is 0 Å². The lowest BCUT2D eigenvalue weighted by Gasteiger charge is -2.04. The lowest BCUT2D eigenvalue weighted by molar-refractivity contribution is 0.141. The smallest absolute Gasteiger partial charge is 0.408 e. The summed E-state index contributed by atoms with van der Waals surface area (Å²) in [5, 5.41) is 11.4. The second-order valence-electron chi connectivity index (χ2n) is 4.49. The minimum atomic E-state index is -0.545. The molecule has 6 nitrogen and oxygen atoms in total. The average Bonchev–Trinajstić information content (AvgIpc) is 2.59. The first-order valence-electron chi connectivity index (χ1n) is 6.78. The molecular weight excluding hydrogens is 292 g/mol. The lowest BCUT2D eigenvalue weighted by Crippen LogP contribution is -2.24. The molecule has 2 rings (SSSR count). The fourth-order valence-corrected chi connectivity index (χ4v) is 1.67. The van der Waals surface area contributed by atoms with Crippen molar-refractivity contribution < 1.29 is 9.53 Å². The van der Waals surface area contributed by atoms with E-state index < -0.39 is 6.09 Å². The number of benzene rings is 1. The highest BCUT2D eigenvalue weighted by atomic mass is 16.5. The number of aromatic nitrogens is 1. The van der Waals surface area contributed by atoms with E-state index in [2.05, 4.69) is 22.1 Å². The zero-order valence-electron chi connectivity index (χ0n) is 12.2. The van der Waals surface area contributed by atoms with Crippen LogP contribution >= 0.6 is 0 Å². The first-order valence-corrected chi connectivity index (χ1v) is 6.78. The Morgan fingerprint density at radius 3 is 2.87 bits per heavy atom. The number of rotatable bonds is 3. The van der Waals surface area contributed by atoms with Gasteiger partial charge in [-0.2, -0.15) is 5.26 Å². The summed E-state index contributed by atoms with van der Waals surface area (Å²) in [7, 11) is 0. The summed E-state index contributed by atoms with van der Waals surface area (Å²) < 4.78 is 5.04. The third-order valence-electron chi connectivity index (χ3n) is 2.81. The predicted molar refractivity (Wildman–Crippen MR) is 84.9 cm³/mol. The Morgan fingerprint density at radius 1 is 1.35 bits per heavy atom. The van der Waals surface area contributed by atoms with Crippen molar-refractivity contribution >= 4 is 11.9 Å². The molecule has 23 heavy (non-hydrogen) atoms. The number of nitrogens with one attached hydrogen (secondary N) is 1. The van der Waals surface area contributed by atoms with Gasteiger partial charge >= 0.3 is 6.09 Å². The second kappa shape index (κ2) is 8.06. The molecule has 1 amide bonds. The molecule has 6 heteroatoms. The summed E-state index contributed by atoms with van der Waals surface area (Å²) in [6.45, 7) is 0.327. The number of ether oxygens (including phenoxy) is 1. The lowest BCUT2D eigenvalue weighted by atomic mass is 10.2. The molecular formula is C17H14N4O2. The summed E-state index contributed by atoms with van der Waals surface area (Å²) in [5.41, 5.74) is 7.25. The number of nitrogens with two attached hydrogens (primary N) is 1. The third-order valence-corrected chi connectivity index (χ3v) is 2.81. The summed E-state index contributed by atoms with van der Waals surface area (Å²) in [6.07, 6.45) is 0.924. The zero-order chi connectivity index (χ0) is 16.5. The van der Waals surface area contributed by atoms with Crippen LogP contribution in [0.4, 0.5) is 10.6 Å². The Kier molecular flexibility index (Phi) is 5.56. The molecule has 2 aromatic rings. The maximum Gasteiger partial charge on any atom is 0.408 e. The van der Waals surface area contributed by atoms with Gasteiger partial charge in [-0.25, -0.2) is 9.78 Å². The van der Waals surface area contributed by atoms with Gasteiger partial charge in [0, 0.05) is 11.8 Å². The van der Waals surface area contributed by atoms with Gasteiger partial charge in [-0.05, 0) is 11.6 Å². The van der Waals surface area contributed by atoms with Crippen molar-refractivity contribution in [1.82, 2.24) is 10.3 Å². The van der Waals surface area contributed by atoms with Gasteiger partial charge in [-0.1, -0.05) is 42.2 Å². The monoisotopic (exact) mass is 306 g/mol. The van der Waals surface area contributed by atoms with Crippen LogP contribution in [-0.2, 0) is 11.3 Å². The van der Waals surface area contributed by atoms with E-state index in [1.54, 1.807) is 6.07 Å². The molecule has 0 radical (unpaired) electrons. The molecule has 1 heterocycles. The van der Waals surface area contributed by atoms with E-state index >= 15 is 0 Å². The number of anilines is 1. The number of hydrogen-bond donors (Lipinski definition) is 2. The number of nitriles is 1. The molecule has 0 fully saturated rings. The van der Waals surface area contributed by atoms with Gasteiger partial charge in [0.1, 0.15) is 18.5 Å². The Morgan fingerprint density at radius 2 is 2.13 bits per heavy atom. The van der Waals surface area contributed by atoms with Gasteiger partial charge in [0.25, 0.3) is 0 Å². The van der Waals surface area contributed by atoms with Crippen LogP contribution in [-0.4, -0.2) is 17.6 Å². The van der Waals surface area contributed by atoms with Gasteiger partial charge in [0.05, 0.1) is 12.1 Å². The van der Waals surface area contributed by atoms with E-state index in [9.17, 15) is 4.79 Å². The van der Waals surface area contributed by atoms with E-state index in [4.69, 9.17) is 15.7 Å². The van der Waals surface area contributed by atoms with Gasteiger partial charge in [0.15, 0.2) is 0 Å². The normalized spacial score (nSPS) is 9.17. The Bertz CT molecular complexity index is 786. The van der Waals surface area contributed by atoms with Crippen LogP contribution in [0.1, 0.15) is 16.7 Å². The molecule has 0 aliphatic rings. The summed E-state index contributed by atoms with van der Waals surface area (Å²) in [6, 6.07) is 12.9. The number of nitrogens with zero attached hydrogens (tertiary/aromatic N) is 2. The quantitative estimate of drug-likeness (QED) is 0.842. The molecule has 1 aromatic carbocycles. The average molecular weight is 306 g/mol. The summed E-state index contributed by atoms with van der Waals surface area (Å²) in [4.78, 5) is 15.4. The maximum atomic E-state index is 11.5. The van der Waals surface area contributed by atoms with Crippen molar-refractivity contribution in [1.29, 1.82) is 5.26 Å². The molecule has 0 atom stereocenters. The van der Waals surface area contributed by atoms with E-state index in [-0.39, 0.29) is 24.5 Å². The fraction of sp³-hybridized carbons (Fsp3) is 0.118. The predicted octanol–water partition coefficient (Wildman–Crippen LogP) is 1.81. The highest BCUT2D eigenvalue weighted by molar-refractivity contribution is 5.67. The zero-order valence-corrected chi connectivity index (χ0v) is 12.2. The molecule has 0 saturated carbocycles. The minimum Gasteiger partial charge on any atom is -0.445 e. The molecule has 3 N–H and O–H groups in total. The molecule has 1 aromatic heterocycles. The Labute approximate surface area is 133 Å². The molecule has 0 unspecified atom stereocenters. The van der Waals surface area contributed by atoms with Crippen molar-refractivity contribution in [3.8, 4) is 17.9 Å². The Balaban J connectivity index is 1.79. The van der Waals surface area contributed by atoms with E-state index in [1.165, 1.54) is 6.20 Å². The van der Waals surface area contributed by atoms with Crippen LogP contribution in [0.15, 0.2) is 42.6 Å². The maximum absolute atomic E-state index is 11.5. The standard InChI is InChI=1S/C17H14N4O2/c18-10-15-9-14(11-21-16(15)19)7-4-8-20-17(22)23-12-13-5-2-1-3-6-13/h1-3,5-6,9,11H,8,12H2,(H2,19,21)(H,20,22). The van der Waals surface area contributed by atoms with E-state index in [0.29, 0.717) is 5.56 Å². The first-order chi connectivity index (χ1) is 11.2. The van der Waals surface area contributed by atoms with Crippen molar-refractivity contribution in [2.45, 2.75) is 6.61 Å². The fourth-order valence-electron chi connectivity index (χ4n) is 1.67. The van der Waals surface area contributed by atoms with E-state index in [1.807, 2.05) is 36.4 Å². The van der Waals surface area contributed by atoms with E-state index in [0.717, 1.165) is 5.56 Å². The van der Waals surface area contributed by atoms with Gasteiger partial charge in [-0.3, -0.25) is 0 Å². The topological polar surface area (TPSA) is 101 Å².